The lowest BCUT2D eigenvalue weighted by atomic mass is 9.97. The number of hydrogen-bond acceptors (Lipinski definition) is 4. The van der Waals surface area contributed by atoms with E-state index in [1.165, 1.54) is 22.3 Å². The van der Waals surface area contributed by atoms with Gasteiger partial charge in [-0.1, -0.05) is 23.8 Å². The maximum absolute atomic E-state index is 12.7. The van der Waals surface area contributed by atoms with Crippen LogP contribution < -0.4 is 5.32 Å². The van der Waals surface area contributed by atoms with Gasteiger partial charge in [-0.2, -0.15) is 5.10 Å². The average Bonchev–Trinajstić information content (AvgIpc) is 3.25. The molecule has 1 amide bonds. The Morgan fingerprint density at radius 1 is 1.33 bits per heavy atom. The summed E-state index contributed by atoms with van der Waals surface area (Å²) in [6.45, 7) is 8.79. The quantitative estimate of drug-likeness (QED) is 0.598. The summed E-state index contributed by atoms with van der Waals surface area (Å²) in [5.41, 5.74) is 5.10. The number of aryl methyl sites for hydroxylation is 3. The first kappa shape index (κ1) is 19.5. The Balaban J connectivity index is 1.69. The predicted molar refractivity (Wildman–Crippen MR) is 113 cm³/mol. The number of hydrogen-bond donors (Lipinski definition) is 2. The van der Waals surface area contributed by atoms with Gasteiger partial charge in [0, 0.05) is 6.54 Å². The van der Waals surface area contributed by atoms with E-state index in [1.807, 2.05) is 24.4 Å². The molecule has 3 rings (SSSR count). The zero-order valence-corrected chi connectivity index (χ0v) is 17.6. The molecule has 2 heterocycles. The lowest BCUT2D eigenvalue weighted by Crippen LogP contribution is -2.33. The van der Waals surface area contributed by atoms with E-state index < -0.39 is 6.04 Å². The summed E-state index contributed by atoms with van der Waals surface area (Å²) in [4.78, 5) is 13.7. The summed E-state index contributed by atoms with van der Waals surface area (Å²) in [6.07, 6.45) is 0.810. The summed E-state index contributed by atoms with van der Waals surface area (Å²) < 4.78 is 2.23. The number of thiophene rings is 1. The first-order chi connectivity index (χ1) is 12.9. The third-order valence-corrected chi connectivity index (χ3v) is 5.88. The highest BCUT2D eigenvalue weighted by Gasteiger charge is 2.21. The van der Waals surface area contributed by atoms with Crippen LogP contribution in [0.3, 0.4) is 0 Å². The van der Waals surface area contributed by atoms with Crippen LogP contribution in [0.2, 0.25) is 0 Å². The lowest BCUT2D eigenvalue weighted by molar-refractivity contribution is -0.123. The molecule has 1 unspecified atom stereocenters. The molecule has 0 aliphatic rings. The predicted octanol–water partition coefficient (Wildman–Crippen LogP) is 4.51. The monoisotopic (exact) mass is 400 g/mol. The van der Waals surface area contributed by atoms with Gasteiger partial charge in [-0.25, -0.2) is 0 Å². The molecule has 0 spiro atoms. The van der Waals surface area contributed by atoms with Crippen molar-refractivity contribution in [2.75, 3.05) is 6.54 Å². The Kier molecular flexibility index (Phi) is 5.92. The van der Waals surface area contributed by atoms with Gasteiger partial charge in [-0.3, -0.25) is 14.5 Å². The van der Waals surface area contributed by atoms with Crippen molar-refractivity contribution in [1.82, 2.24) is 20.1 Å². The minimum atomic E-state index is -0.437. The van der Waals surface area contributed by atoms with Crippen LogP contribution in [0.1, 0.15) is 35.2 Å². The van der Waals surface area contributed by atoms with Gasteiger partial charge in [0.05, 0.1) is 4.88 Å². The molecule has 0 aliphatic heterocycles. The van der Waals surface area contributed by atoms with E-state index in [4.69, 9.17) is 12.2 Å². The number of benzene rings is 1. The molecule has 2 N–H and O–H groups in total. The Labute approximate surface area is 168 Å². The fourth-order valence-corrected chi connectivity index (χ4v) is 4.42. The molecule has 27 heavy (non-hydrogen) atoms. The molecule has 0 radical (unpaired) electrons. The van der Waals surface area contributed by atoms with Crippen molar-refractivity contribution in [3.8, 4) is 10.7 Å². The summed E-state index contributed by atoms with van der Waals surface area (Å²) in [5.74, 6) is 0.635. The van der Waals surface area contributed by atoms with E-state index in [0.29, 0.717) is 17.1 Å². The van der Waals surface area contributed by atoms with Gasteiger partial charge < -0.3 is 5.32 Å². The first-order valence-electron chi connectivity index (χ1n) is 8.93. The standard InChI is InChI=1S/C20H24N4OS2/c1-12-10-13(2)16(14(3)11-12)7-8-21-19(25)15(4)24-18(22-23-20(24)26)17-6-5-9-27-17/h5-6,9-11,15H,7-8H2,1-4H3,(H,21,25)(H,23,26). The molecule has 5 nitrogen and oxygen atoms in total. The summed E-state index contributed by atoms with van der Waals surface area (Å²) in [7, 11) is 0. The maximum atomic E-state index is 12.7. The fraction of sp³-hybridized carbons (Fsp3) is 0.350. The minimum Gasteiger partial charge on any atom is -0.354 e. The molecule has 0 saturated heterocycles. The van der Waals surface area contributed by atoms with Gasteiger partial charge in [-0.05, 0) is 74.5 Å². The second kappa shape index (κ2) is 8.19. The van der Waals surface area contributed by atoms with E-state index >= 15 is 0 Å². The van der Waals surface area contributed by atoms with Gasteiger partial charge in [0.15, 0.2) is 10.6 Å². The van der Waals surface area contributed by atoms with Crippen LogP contribution in [0.25, 0.3) is 10.7 Å². The van der Waals surface area contributed by atoms with Crippen molar-refractivity contribution in [3.05, 3.63) is 56.7 Å². The smallest absolute Gasteiger partial charge is 0.242 e. The fourth-order valence-electron chi connectivity index (χ4n) is 3.42. The molecule has 142 valence electrons. The molecule has 0 bridgehead atoms. The van der Waals surface area contributed by atoms with Gasteiger partial charge in [0.25, 0.3) is 0 Å². The van der Waals surface area contributed by atoms with Gasteiger partial charge in [-0.15, -0.1) is 11.3 Å². The van der Waals surface area contributed by atoms with Gasteiger partial charge in [0.1, 0.15) is 6.04 Å². The molecule has 3 aromatic rings. The van der Waals surface area contributed by atoms with Crippen molar-refractivity contribution in [2.45, 2.75) is 40.2 Å². The average molecular weight is 401 g/mol. The minimum absolute atomic E-state index is 0.0623. The van der Waals surface area contributed by atoms with Crippen LogP contribution in [0.5, 0.6) is 0 Å². The molecule has 0 fully saturated rings. The van der Waals surface area contributed by atoms with E-state index in [2.05, 4.69) is 48.4 Å². The zero-order chi connectivity index (χ0) is 19.6. The van der Waals surface area contributed by atoms with Crippen LogP contribution in [0.15, 0.2) is 29.6 Å². The van der Waals surface area contributed by atoms with Crippen molar-refractivity contribution in [1.29, 1.82) is 0 Å². The number of amides is 1. The molecule has 0 aliphatic carbocycles. The molecule has 7 heteroatoms. The molecule has 0 saturated carbocycles. The molecular weight excluding hydrogens is 376 g/mol. The summed E-state index contributed by atoms with van der Waals surface area (Å²) >= 11 is 6.92. The first-order valence-corrected chi connectivity index (χ1v) is 10.2. The van der Waals surface area contributed by atoms with Crippen molar-refractivity contribution >= 4 is 29.5 Å². The normalized spacial score (nSPS) is 12.1. The number of nitrogens with zero attached hydrogens (tertiary/aromatic N) is 2. The number of H-pyrrole nitrogens is 1. The van der Waals surface area contributed by atoms with Crippen molar-refractivity contribution in [3.63, 3.8) is 0 Å². The SMILES string of the molecule is Cc1cc(C)c(CCNC(=O)C(C)n2c(-c3cccs3)n[nH]c2=S)c(C)c1. The summed E-state index contributed by atoms with van der Waals surface area (Å²) in [5, 5.41) is 12.1. The number of nitrogens with one attached hydrogen (secondary N) is 2. The third kappa shape index (κ3) is 4.20. The number of carbonyl (C=O) groups excluding carboxylic acids is 1. The number of rotatable bonds is 6. The van der Waals surface area contributed by atoms with Crippen LogP contribution in [0, 0.1) is 25.5 Å². The van der Waals surface area contributed by atoms with Crippen LogP contribution in [-0.4, -0.2) is 27.2 Å². The molecule has 1 aromatic carbocycles. The van der Waals surface area contributed by atoms with Gasteiger partial charge in [0.2, 0.25) is 5.91 Å². The van der Waals surface area contributed by atoms with Crippen LogP contribution >= 0.6 is 23.6 Å². The topological polar surface area (TPSA) is 62.7 Å². The second-order valence-corrected chi connectivity index (χ2v) is 8.13. The number of aromatic nitrogens is 3. The van der Waals surface area contributed by atoms with Crippen molar-refractivity contribution < 1.29 is 4.79 Å². The third-order valence-electron chi connectivity index (χ3n) is 4.73. The molecular formula is C20H24N4OS2. The number of carbonyl (C=O) groups is 1. The van der Waals surface area contributed by atoms with Crippen LogP contribution in [-0.2, 0) is 11.2 Å². The second-order valence-electron chi connectivity index (χ2n) is 6.79. The van der Waals surface area contributed by atoms with E-state index in [1.54, 1.807) is 15.9 Å². The lowest BCUT2D eigenvalue weighted by Gasteiger charge is -2.16. The van der Waals surface area contributed by atoms with E-state index in [-0.39, 0.29) is 5.91 Å². The van der Waals surface area contributed by atoms with Gasteiger partial charge >= 0.3 is 0 Å². The van der Waals surface area contributed by atoms with Crippen LogP contribution in [0.4, 0.5) is 0 Å². The van der Waals surface area contributed by atoms with E-state index in [0.717, 1.165) is 11.3 Å². The highest BCUT2D eigenvalue weighted by atomic mass is 32.1. The van der Waals surface area contributed by atoms with Crippen molar-refractivity contribution in [2.24, 2.45) is 0 Å². The molecule has 2 aromatic heterocycles. The Morgan fingerprint density at radius 3 is 2.67 bits per heavy atom. The Hall–Kier alpha value is -2.25. The zero-order valence-electron chi connectivity index (χ0n) is 16.0. The Morgan fingerprint density at radius 2 is 2.04 bits per heavy atom. The van der Waals surface area contributed by atoms with E-state index in [9.17, 15) is 4.79 Å². The summed E-state index contributed by atoms with van der Waals surface area (Å²) in [6, 6.07) is 7.86. The maximum Gasteiger partial charge on any atom is 0.242 e. The highest BCUT2D eigenvalue weighted by molar-refractivity contribution is 7.71. The largest absolute Gasteiger partial charge is 0.354 e. The highest BCUT2D eigenvalue weighted by Crippen LogP contribution is 2.25. The Bertz CT molecular complexity index is 978. The molecule has 1 atom stereocenters. The number of aromatic amines is 1.